The lowest BCUT2D eigenvalue weighted by atomic mass is 10.0. The molecule has 10 heteroatoms. The summed E-state index contributed by atoms with van der Waals surface area (Å²) in [5.41, 5.74) is 5.34. The maximum absolute atomic E-state index is 12.5. The molecule has 0 fully saturated rings. The Morgan fingerprint density at radius 2 is 1.04 bits per heavy atom. The van der Waals surface area contributed by atoms with Gasteiger partial charge in [0.15, 0.2) is 6.10 Å². The third kappa shape index (κ3) is 39.2. The molecule has 0 aliphatic carbocycles. The van der Waals surface area contributed by atoms with Crippen LogP contribution in [0.5, 0.6) is 0 Å². The summed E-state index contributed by atoms with van der Waals surface area (Å²) in [4.78, 5) is 34.8. The van der Waals surface area contributed by atoms with Crippen molar-refractivity contribution in [2.75, 3.05) is 26.4 Å². The van der Waals surface area contributed by atoms with Crippen molar-refractivity contribution in [1.82, 2.24) is 0 Å². The summed E-state index contributed by atoms with van der Waals surface area (Å²) in [6.45, 7) is 3.55. The zero-order valence-electron chi connectivity index (χ0n) is 33.5. The van der Waals surface area contributed by atoms with Gasteiger partial charge in [-0.2, -0.15) is 0 Å². The van der Waals surface area contributed by atoms with Crippen molar-refractivity contribution in [2.24, 2.45) is 5.73 Å². The Labute approximate surface area is 323 Å². The van der Waals surface area contributed by atoms with Gasteiger partial charge in [0.05, 0.1) is 13.2 Å². The Morgan fingerprint density at radius 1 is 0.585 bits per heavy atom. The smallest absolute Gasteiger partial charge is 0.462 e. The van der Waals surface area contributed by atoms with E-state index >= 15 is 0 Å². The van der Waals surface area contributed by atoms with E-state index < -0.39 is 32.5 Å². The molecule has 0 spiro atoms. The Morgan fingerprint density at radius 3 is 1.53 bits per heavy atom. The largest absolute Gasteiger partial charge is 0.472 e. The highest BCUT2D eigenvalue weighted by molar-refractivity contribution is 7.47. The molecule has 0 aromatic carbocycles. The average Bonchev–Trinajstić information content (AvgIpc) is 3.14. The summed E-state index contributed by atoms with van der Waals surface area (Å²) < 4.78 is 32.7. The highest BCUT2D eigenvalue weighted by Crippen LogP contribution is 2.43. The fourth-order valence-electron chi connectivity index (χ4n) is 5.38. The van der Waals surface area contributed by atoms with E-state index in [2.05, 4.69) is 68.5 Å². The van der Waals surface area contributed by atoms with Gasteiger partial charge in [0.1, 0.15) is 6.61 Å². The van der Waals surface area contributed by atoms with Crippen molar-refractivity contribution in [3.05, 3.63) is 60.8 Å². The average molecular weight is 766 g/mol. The summed E-state index contributed by atoms with van der Waals surface area (Å²) in [6, 6.07) is 0. The molecule has 0 bridgehead atoms. The molecule has 9 nitrogen and oxygen atoms in total. The van der Waals surface area contributed by atoms with Crippen molar-refractivity contribution in [3.63, 3.8) is 0 Å². The minimum atomic E-state index is -4.39. The first-order valence-electron chi connectivity index (χ1n) is 20.8. The van der Waals surface area contributed by atoms with Crippen LogP contribution in [0.3, 0.4) is 0 Å². The van der Waals surface area contributed by atoms with E-state index in [4.69, 9.17) is 24.3 Å². The number of esters is 2. The van der Waals surface area contributed by atoms with E-state index in [0.29, 0.717) is 12.8 Å². The monoisotopic (exact) mass is 766 g/mol. The summed E-state index contributed by atoms with van der Waals surface area (Å²) in [5, 5.41) is 0. The number of ether oxygens (including phenoxy) is 2. The fourth-order valence-corrected chi connectivity index (χ4v) is 6.14. The molecule has 0 saturated heterocycles. The van der Waals surface area contributed by atoms with E-state index in [1.54, 1.807) is 0 Å². The van der Waals surface area contributed by atoms with Crippen LogP contribution in [-0.4, -0.2) is 49.3 Å². The number of unbranched alkanes of at least 4 members (excludes halogenated alkanes) is 15. The van der Waals surface area contributed by atoms with Crippen LogP contribution in [0, 0.1) is 0 Å². The molecule has 0 aromatic heterocycles. The van der Waals surface area contributed by atoms with E-state index in [1.165, 1.54) is 77.0 Å². The molecule has 0 saturated carbocycles. The molecule has 0 amide bonds. The van der Waals surface area contributed by atoms with Crippen LogP contribution in [-0.2, 0) is 32.7 Å². The number of phosphoric acid groups is 1. The van der Waals surface area contributed by atoms with Gasteiger partial charge < -0.3 is 20.1 Å². The Bertz CT molecular complexity index is 1050. The lowest BCUT2D eigenvalue weighted by molar-refractivity contribution is -0.161. The van der Waals surface area contributed by atoms with Gasteiger partial charge in [-0.3, -0.25) is 18.6 Å². The first kappa shape index (κ1) is 50.7. The molecule has 0 aliphatic heterocycles. The normalized spacial score (nSPS) is 14.0. The van der Waals surface area contributed by atoms with Crippen LogP contribution in [0.1, 0.15) is 168 Å². The molecule has 3 N–H and O–H groups in total. The number of carbonyl (C=O) groups excluding carboxylic acids is 2. The van der Waals surface area contributed by atoms with E-state index in [1.807, 2.05) is 6.08 Å². The molecular formula is C43H76NO8P. The molecule has 53 heavy (non-hydrogen) atoms. The van der Waals surface area contributed by atoms with Gasteiger partial charge in [0.25, 0.3) is 0 Å². The standard InChI is InChI=1S/C43H76NO8P/c1-3-5-7-9-11-13-15-17-19-20-22-24-26-28-30-32-34-36-43(46)52-41(40-51-53(47,48)50-38-37-44)39-49-42(45)35-33-31-29-27-25-23-21-18-16-14-12-10-8-6-4-2/h5,7,11,13,17,19,22,24,28,30,41H,3-4,6,8-10,12,14-16,18,20-21,23,25-27,29,31-40,44H2,1-2H3,(H,47,48)/t41-/m1/s1. The third-order valence-electron chi connectivity index (χ3n) is 8.42. The molecule has 0 aliphatic rings. The lowest BCUT2D eigenvalue weighted by Crippen LogP contribution is -2.29. The van der Waals surface area contributed by atoms with Crippen molar-refractivity contribution in [2.45, 2.75) is 174 Å². The highest BCUT2D eigenvalue weighted by Gasteiger charge is 2.25. The molecule has 0 rings (SSSR count). The molecule has 0 heterocycles. The van der Waals surface area contributed by atoms with Crippen molar-refractivity contribution < 1.29 is 37.6 Å². The first-order valence-corrected chi connectivity index (χ1v) is 22.3. The third-order valence-corrected chi connectivity index (χ3v) is 9.40. The Kier molecular flexibility index (Phi) is 37.7. The lowest BCUT2D eigenvalue weighted by Gasteiger charge is -2.19. The van der Waals surface area contributed by atoms with Crippen LogP contribution in [0.4, 0.5) is 0 Å². The minimum Gasteiger partial charge on any atom is -0.462 e. The second-order valence-corrected chi connectivity index (χ2v) is 14.9. The molecule has 1 unspecified atom stereocenters. The molecular weight excluding hydrogens is 689 g/mol. The van der Waals surface area contributed by atoms with Crippen LogP contribution >= 0.6 is 7.82 Å². The van der Waals surface area contributed by atoms with Gasteiger partial charge in [-0.25, -0.2) is 4.57 Å². The van der Waals surface area contributed by atoms with E-state index in [-0.39, 0.29) is 32.6 Å². The number of nitrogens with two attached hydrogens (primary N) is 1. The van der Waals surface area contributed by atoms with Crippen LogP contribution < -0.4 is 5.73 Å². The van der Waals surface area contributed by atoms with Gasteiger partial charge in [-0.1, -0.05) is 164 Å². The van der Waals surface area contributed by atoms with E-state index in [9.17, 15) is 19.0 Å². The predicted octanol–water partition coefficient (Wildman–Crippen LogP) is 11.7. The summed E-state index contributed by atoms with van der Waals surface area (Å²) >= 11 is 0. The number of carbonyl (C=O) groups is 2. The molecule has 2 atom stereocenters. The summed E-state index contributed by atoms with van der Waals surface area (Å²) in [5.74, 6) is -0.897. The summed E-state index contributed by atoms with van der Waals surface area (Å²) in [7, 11) is -4.39. The van der Waals surface area contributed by atoms with Gasteiger partial charge >= 0.3 is 19.8 Å². The van der Waals surface area contributed by atoms with Crippen molar-refractivity contribution in [3.8, 4) is 0 Å². The summed E-state index contributed by atoms with van der Waals surface area (Å²) in [6.07, 6.45) is 45.4. The SMILES string of the molecule is CCC=CCC=CCC=CCC=CCC=CCCCC(=O)O[C@H](COC(=O)CCCCCCCCCCCCCCCCC)COP(=O)(O)OCCN. The van der Waals surface area contributed by atoms with Crippen LogP contribution in [0.2, 0.25) is 0 Å². The Hall–Kier alpha value is -2.29. The zero-order valence-corrected chi connectivity index (χ0v) is 34.4. The molecule has 0 aromatic rings. The van der Waals surface area contributed by atoms with Crippen LogP contribution in [0.15, 0.2) is 60.8 Å². The molecule has 306 valence electrons. The number of phosphoric ester groups is 1. The number of allylic oxidation sites excluding steroid dienone is 10. The fraction of sp³-hybridized carbons (Fsp3) is 0.721. The van der Waals surface area contributed by atoms with Gasteiger partial charge in [-0.05, 0) is 51.4 Å². The number of rotatable bonds is 38. The highest BCUT2D eigenvalue weighted by atomic mass is 31.2. The first-order chi connectivity index (χ1) is 25.8. The zero-order chi connectivity index (χ0) is 38.9. The van der Waals surface area contributed by atoms with Crippen LogP contribution in [0.25, 0.3) is 0 Å². The van der Waals surface area contributed by atoms with E-state index in [0.717, 1.165) is 51.4 Å². The van der Waals surface area contributed by atoms with Crippen molar-refractivity contribution in [1.29, 1.82) is 0 Å². The predicted molar refractivity (Wildman–Crippen MR) is 219 cm³/mol. The maximum Gasteiger partial charge on any atom is 0.472 e. The second-order valence-electron chi connectivity index (χ2n) is 13.5. The van der Waals surface area contributed by atoms with Crippen molar-refractivity contribution >= 4 is 19.8 Å². The van der Waals surface area contributed by atoms with Gasteiger partial charge in [-0.15, -0.1) is 0 Å². The maximum atomic E-state index is 12.5. The number of hydrogen-bond donors (Lipinski definition) is 2. The van der Waals surface area contributed by atoms with Gasteiger partial charge in [0.2, 0.25) is 0 Å². The van der Waals surface area contributed by atoms with Gasteiger partial charge in [0, 0.05) is 19.4 Å². The minimum absolute atomic E-state index is 0.0428. The number of hydrogen-bond acceptors (Lipinski definition) is 8. The second kappa shape index (κ2) is 39.4. The quantitative estimate of drug-likeness (QED) is 0.0272. The molecule has 0 radical (unpaired) electrons. The Balaban J connectivity index is 4.28. The topological polar surface area (TPSA) is 134 Å².